The summed E-state index contributed by atoms with van der Waals surface area (Å²) in [5.74, 6) is 0.825. The summed E-state index contributed by atoms with van der Waals surface area (Å²) < 4.78 is 10.6. The first kappa shape index (κ1) is 17.6. The van der Waals surface area contributed by atoms with E-state index in [4.69, 9.17) is 14.6 Å². The maximum absolute atomic E-state index is 11.9. The standard InChI is InChI=1S/C17H26N2O4/c1-3-23-17(21)19-7-5-13-9-14(11-18-6-4-8-20)16(22-2)10-15(13)12-19/h9-10,18,20H,3-8,11-12H2,1-2H3. The Morgan fingerprint density at radius 3 is 2.91 bits per heavy atom. The van der Waals surface area contributed by atoms with Crippen molar-refractivity contribution in [3.8, 4) is 5.75 Å². The van der Waals surface area contributed by atoms with Gasteiger partial charge in [0.25, 0.3) is 0 Å². The number of aliphatic hydroxyl groups excluding tert-OH is 1. The number of rotatable bonds is 7. The van der Waals surface area contributed by atoms with Crippen molar-refractivity contribution in [2.75, 3.05) is 33.4 Å². The monoisotopic (exact) mass is 322 g/mol. The average molecular weight is 322 g/mol. The molecule has 0 unspecified atom stereocenters. The Balaban J connectivity index is 2.08. The molecule has 0 radical (unpaired) electrons. The number of nitrogens with zero attached hydrogens (tertiary/aromatic N) is 1. The molecule has 6 nitrogen and oxygen atoms in total. The van der Waals surface area contributed by atoms with Crippen LogP contribution in [0, 0.1) is 0 Å². The summed E-state index contributed by atoms with van der Waals surface area (Å²) in [4.78, 5) is 13.6. The van der Waals surface area contributed by atoms with Crippen LogP contribution in [0.25, 0.3) is 0 Å². The van der Waals surface area contributed by atoms with Gasteiger partial charge in [-0.2, -0.15) is 0 Å². The van der Waals surface area contributed by atoms with Crippen molar-refractivity contribution in [1.82, 2.24) is 10.2 Å². The van der Waals surface area contributed by atoms with Gasteiger partial charge in [0.15, 0.2) is 0 Å². The molecule has 0 spiro atoms. The van der Waals surface area contributed by atoms with Gasteiger partial charge in [-0.1, -0.05) is 6.07 Å². The molecule has 6 heteroatoms. The molecule has 0 aromatic heterocycles. The molecule has 1 aromatic carbocycles. The van der Waals surface area contributed by atoms with Gasteiger partial charge in [-0.05, 0) is 43.5 Å². The van der Waals surface area contributed by atoms with Gasteiger partial charge in [-0.25, -0.2) is 4.79 Å². The number of hydrogen-bond donors (Lipinski definition) is 2. The highest BCUT2D eigenvalue weighted by atomic mass is 16.6. The molecule has 0 bridgehead atoms. The minimum atomic E-state index is -0.258. The number of nitrogens with one attached hydrogen (secondary N) is 1. The lowest BCUT2D eigenvalue weighted by Crippen LogP contribution is -2.36. The third kappa shape index (κ3) is 4.59. The molecule has 1 amide bonds. The van der Waals surface area contributed by atoms with Crippen LogP contribution in [-0.4, -0.2) is 49.5 Å². The van der Waals surface area contributed by atoms with Crippen molar-refractivity contribution < 1.29 is 19.4 Å². The van der Waals surface area contributed by atoms with E-state index in [1.165, 1.54) is 5.56 Å². The molecule has 1 aliphatic rings. The molecule has 0 saturated heterocycles. The SMILES string of the molecule is CCOC(=O)N1CCc2cc(CNCCCO)c(OC)cc2C1. The van der Waals surface area contributed by atoms with Gasteiger partial charge in [0, 0.05) is 31.8 Å². The fraction of sp³-hybridized carbons (Fsp3) is 0.588. The highest BCUT2D eigenvalue weighted by Gasteiger charge is 2.23. The summed E-state index contributed by atoms with van der Waals surface area (Å²) in [5, 5.41) is 12.1. The second kappa shape index (κ2) is 8.74. The number of benzene rings is 1. The Bertz CT molecular complexity index is 534. The highest BCUT2D eigenvalue weighted by Crippen LogP contribution is 2.28. The highest BCUT2D eigenvalue weighted by molar-refractivity contribution is 5.68. The van der Waals surface area contributed by atoms with Crippen LogP contribution in [0.15, 0.2) is 12.1 Å². The third-order valence-electron chi connectivity index (χ3n) is 3.97. The number of carbonyl (C=O) groups excluding carboxylic acids is 1. The van der Waals surface area contributed by atoms with Gasteiger partial charge in [0.1, 0.15) is 5.75 Å². The van der Waals surface area contributed by atoms with E-state index in [1.54, 1.807) is 12.0 Å². The number of carbonyl (C=O) groups is 1. The quantitative estimate of drug-likeness (QED) is 0.748. The first-order chi connectivity index (χ1) is 11.2. The molecule has 0 atom stereocenters. The van der Waals surface area contributed by atoms with E-state index >= 15 is 0 Å². The lowest BCUT2D eigenvalue weighted by Gasteiger charge is -2.29. The van der Waals surface area contributed by atoms with E-state index in [2.05, 4.69) is 11.4 Å². The molecule has 2 N–H and O–H groups in total. The molecule has 1 aromatic rings. The van der Waals surface area contributed by atoms with Crippen LogP contribution in [0.4, 0.5) is 4.79 Å². The molecule has 0 aliphatic carbocycles. The Labute approximate surface area is 137 Å². The fourth-order valence-corrected chi connectivity index (χ4v) is 2.76. The van der Waals surface area contributed by atoms with E-state index in [1.807, 2.05) is 13.0 Å². The maximum atomic E-state index is 11.9. The Hall–Kier alpha value is -1.79. The van der Waals surface area contributed by atoms with E-state index in [-0.39, 0.29) is 12.7 Å². The smallest absolute Gasteiger partial charge is 0.410 e. The summed E-state index contributed by atoms with van der Waals surface area (Å²) in [6.07, 6.45) is 1.30. The maximum Gasteiger partial charge on any atom is 0.410 e. The topological polar surface area (TPSA) is 71.0 Å². The number of hydrogen-bond acceptors (Lipinski definition) is 5. The minimum Gasteiger partial charge on any atom is -0.496 e. The van der Waals surface area contributed by atoms with Gasteiger partial charge >= 0.3 is 6.09 Å². The largest absolute Gasteiger partial charge is 0.496 e. The number of aliphatic hydroxyl groups is 1. The van der Waals surface area contributed by atoms with Crippen LogP contribution in [0.5, 0.6) is 5.75 Å². The average Bonchev–Trinajstić information content (AvgIpc) is 2.57. The Kier molecular flexibility index (Phi) is 6.67. The lowest BCUT2D eigenvalue weighted by molar-refractivity contribution is 0.102. The van der Waals surface area contributed by atoms with Crippen molar-refractivity contribution in [2.45, 2.75) is 32.9 Å². The molecule has 0 fully saturated rings. The van der Waals surface area contributed by atoms with E-state index in [9.17, 15) is 4.79 Å². The first-order valence-corrected chi connectivity index (χ1v) is 8.11. The van der Waals surface area contributed by atoms with Crippen LogP contribution in [0.3, 0.4) is 0 Å². The molecule has 2 rings (SSSR count). The summed E-state index contributed by atoms with van der Waals surface area (Å²) in [5.41, 5.74) is 3.47. The van der Waals surface area contributed by atoms with E-state index < -0.39 is 0 Å². The normalized spacial score (nSPS) is 13.6. The summed E-state index contributed by atoms with van der Waals surface area (Å²) in [6, 6.07) is 4.17. The first-order valence-electron chi connectivity index (χ1n) is 8.11. The van der Waals surface area contributed by atoms with Gasteiger partial charge in [0.05, 0.1) is 13.7 Å². The number of ether oxygens (including phenoxy) is 2. The number of amides is 1. The predicted octanol–water partition coefficient (Wildman–Crippen LogP) is 1.68. The Morgan fingerprint density at radius 1 is 1.39 bits per heavy atom. The molecule has 1 heterocycles. The van der Waals surface area contributed by atoms with Crippen LogP contribution >= 0.6 is 0 Å². The van der Waals surface area contributed by atoms with Crippen molar-refractivity contribution in [3.05, 3.63) is 28.8 Å². The van der Waals surface area contributed by atoms with Crippen molar-refractivity contribution in [3.63, 3.8) is 0 Å². The zero-order valence-electron chi connectivity index (χ0n) is 13.9. The van der Waals surface area contributed by atoms with Crippen LogP contribution < -0.4 is 10.1 Å². The van der Waals surface area contributed by atoms with Crippen LogP contribution in [0.1, 0.15) is 30.0 Å². The van der Waals surface area contributed by atoms with Gasteiger partial charge < -0.3 is 24.8 Å². The van der Waals surface area contributed by atoms with Crippen molar-refractivity contribution in [2.24, 2.45) is 0 Å². The molecule has 1 aliphatic heterocycles. The van der Waals surface area contributed by atoms with E-state index in [0.29, 0.717) is 26.2 Å². The third-order valence-corrected chi connectivity index (χ3v) is 3.97. The van der Waals surface area contributed by atoms with Gasteiger partial charge in [0.2, 0.25) is 0 Å². The van der Waals surface area contributed by atoms with Crippen LogP contribution in [-0.2, 0) is 24.2 Å². The number of methoxy groups -OCH3 is 1. The molecule has 23 heavy (non-hydrogen) atoms. The molecular weight excluding hydrogens is 296 g/mol. The molecule has 0 saturated carbocycles. The van der Waals surface area contributed by atoms with Gasteiger partial charge in [-0.3, -0.25) is 0 Å². The summed E-state index contributed by atoms with van der Waals surface area (Å²) in [6.45, 7) is 5.11. The second-order valence-corrected chi connectivity index (χ2v) is 5.56. The van der Waals surface area contributed by atoms with Gasteiger partial charge in [-0.15, -0.1) is 0 Å². The number of fused-ring (bicyclic) bond motifs is 1. The zero-order valence-corrected chi connectivity index (χ0v) is 13.9. The Morgan fingerprint density at radius 2 is 2.22 bits per heavy atom. The molecule has 128 valence electrons. The van der Waals surface area contributed by atoms with Crippen molar-refractivity contribution >= 4 is 6.09 Å². The second-order valence-electron chi connectivity index (χ2n) is 5.56. The zero-order chi connectivity index (χ0) is 16.7. The summed E-state index contributed by atoms with van der Waals surface area (Å²) in [7, 11) is 1.66. The minimum absolute atomic E-state index is 0.192. The lowest BCUT2D eigenvalue weighted by atomic mass is 9.96. The summed E-state index contributed by atoms with van der Waals surface area (Å²) >= 11 is 0. The van der Waals surface area contributed by atoms with Crippen LogP contribution in [0.2, 0.25) is 0 Å². The predicted molar refractivity (Wildman–Crippen MR) is 87.5 cm³/mol. The molecular formula is C17H26N2O4. The fourth-order valence-electron chi connectivity index (χ4n) is 2.76. The van der Waals surface area contributed by atoms with E-state index in [0.717, 1.165) is 36.3 Å². The van der Waals surface area contributed by atoms with Crippen molar-refractivity contribution in [1.29, 1.82) is 0 Å².